The molecule has 0 aliphatic rings. The van der Waals surface area contributed by atoms with Gasteiger partial charge in [-0.25, -0.2) is 9.59 Å². The van der Waals surface area contributed by atoms with Gasteiger partial charge in [0.05, 0.1) is 66.0 Å². The standard InChI is InChI=1S/C43H78NO8/c1-7-8-9-10-11-12-13-14-15-16-17-18-19-24-31-44(6,32-29-40(45)49-34-25-20-22-27-36-51-42(47)38(2)3)33-30-41(46)50-35-26-21-23-28-37-52-43(48)39(4)5/h2,4,7-37H2,1,3,5-6H3/q+1. The van der Waals surface area contributed by atoms with Gasteiger partial charge in [-0.1, -0.05) is 97.1 Å². The van der Waals surface area contributed by atoms with E-state index in [2.05, 4.69) is 27.1 Å². The largest absolute Gasteiger partial charge is 0.466 e. The van der Waals surface area contributed by atoms with Gasteiger partial charge < -0.3 is 23.4 Å². The Hall–Kier alpha value is -2.68. The Morgan fingerprint density at radius 3 is 1.04 bits per heavy atom. The number of hydrogen-bond acceptors (Lipinski definition) is 8. The van der Waals surface area contributed by atoms with E-state index in [0.29, 0.717) is 68.0 Å². The van der Waals surface area contributed by atoms with Crippen LogP contribution in [-0.2, 0) is 38.1 Å². The van der Waals surface area contributed by atoms with Gasteiger partial charge in [0.25, 0.3) is 0 Å². The number of unbranched alkanes of at least 4 members (excludes halogenated alkanes) is 19. The fourth-order valence-electron chi connectivity index (χ4n) is 5.95. The second-order valence-electron chi connectivity index (χ2n) is 15.0. The van der Waals surface area contributed by atoms with Crippen LogP contribution in [0.15, 0.2) is 24.3 Å². The molecule has 0 unspecified atom stereocenters. The lowest BCUT2D eigenvalue weighted by molar-refractivity contribution is -0.908. The number of quaternary nitrogens is 1. The van der Waals surface area contributed by atoms with Gasteiger partial charge in [0.1, 0.15) is 0 Å². The maximum absolute atomic E-state index is 12.6. The third kappa shape index (κ3) is 32.0. The van der Waals surface area contributed by atoms with E-state index in [9.17, 15) is 19.2 Å². The third-order valence-corrected chi connectivity index (χ3v) is 9.53. The molecule has 0 radical (unpaired) electrons. The Labute approximate surface area is 318 Å². The quantitative estimate of drug-likeness (QED) is 0.0204. The lowest BCUT2D eigenvalue weighted by Gasteiger charge is -2.34. The van der Waals surface area contributed by atoms with E-state index in [1.807, 2.05) is 0 Å². The Morgan fingerprint density at radius 1 is 0.423 bits per heavy atom. The molecule has 0 aliphatic carbocycles. The molecule has 0 aromatic heterocycles. The van der Waals surface area contributed by atoms with Gasteiger partial charge in [0.15, 0.2) is 0 Å². The van der Waals surface area contributed by atoms with Crippen molar-refractivity contribution in [2.75, 3.05) is 53.1 Å². The first kappa shape index (κ1) is 49.3. The zero-order valence-corrected chi connectivity index (χ0v) is 34.0. The summed E-state index contributed by atoms with van der Waals surface area (Å²) in [5.41, 5.74) is 0.808. The molecule has 9 heteroatoms. The van der Waals surface area contributed by atoms with Gasteiger partial charge in [-0.2, -0.15) is 0 Å². The number of esters is 4. The van der Waals surface area contributed by atoms with Crippen molar-refractivity contribution in [3.8, 4) is 0 Å². The molecule has 0 spiro atoms. The third-order valence-electron chi connectivity index (χ3n) is 9.53. The number of carbonyl (C=O) groups is 4. The molecule has 0 saturated carbocycles. The number of ether oxygens (including phenoxy) is 4. The van der Waals surface area contributed by atoms with Crippen LogP contribution in [-0.4, -0.2) is 81.5 Å². The van der Waals surface area contributed by atoms with Crippen LogP contribution in [0.2, 0.25) is 0 Å². The van der Waals surface area contributed by atoms with Crippen LogP contribution in [0.3, 0.4) is 0 Å². The molecule has 0 atom stereocenters. The minimum Gasteiger partial charge on any atom is -0.466 e. The first-order valence-corrected chi connectivity index (χ1v) is 20.8. The number of carbonyl (C=O) groups excluding carboxylic acids is 4. The summed E-state index contributed by atoms with van der Waals surface area (Å²) >= 11 is 0. The van der Waals surface area contributed by atoms with Crippen molar-refractivity contribution in [1.82, 2.24) is 0 Å². The van der Waals surface area contributed by atoms with E-state index >= 15 is 0 Å². The van der Waals surface area contributed by atoms with E-state index in [0.717, 1.165) is 64.3 Å². The first-order valence-electron chi connectivity index (χ1n) is 20.8. The van der Waals surface area contributed by atoms with E-state index in [-0.39, 0.29) is 23.9 Å². The summed E-state index contributed by atoms with van der Waals surface area (Å²) in [6.45, 7) is 16.4. The van der Waals surface area contributed by atoms with E-state index in [1.165, 1.54) is 83.5 Å². The Morgan fingerprint density at radius 2 is 0.712 bits per heavy atom. The summed E-state index contributed by atoms with van der Waals surface area (Å²) in [7, 11) is 2.14. The number of nitrogens with zero attached hydrogens (tertiary/aromatic N) is 1. The summed E-state index contributed by atoms with van der Waals surface area (Å²) in [6.07, 6.45) is 25.7. The molecule has 0 aliphatic heterocycles. The maximum Gasteiger partial charge on any atom is 0.333 e. The lowest BCUT2D eigenvalue weighted by Crippen LogP contribution is -2.47. The molecule has 0 N–H and O–H groups in total. The molecule has 302 valence electrons. The monoisotopic (exact) mass is 737 g/mol. The highest BCUT2D eigenvalue weighted by molar-refractivity contribution is 5.87. The fourth-order valence-corrected chi connectivity index (χ4v) is 5.95. The molecule has 52 heavy (non-hydrogen) atoms. The van der Waals surface area contributed by atoms with Crippen LogP contribution in [0.1, 0.15) is 175 Å². The van der Waals surface area contributed by atoms with Crippen LogP contribution < -0.4 is 0 Å². The minimum absolute atomic E-state index is 0.197. The van der Waals surface area contributed by atoms with E-state index in [4.69, 9.17) is 18.9 Å². The highest BCUT2D eigenvalue weighted by atomic mass is 16.5. The van der Waals surface area contributed by atoms with Gasteiger partial charge in [-0.15, -0.1) is 0 Å². The predicted molar refractivity (Wildman–Crippen MR) is 211 cm³/mol. The Balaban J connectivity index is 4.44. The maximum atomic E-state index is 12.6. The Kier molecular flexibility index (Phi) is 32.4. The second kappa shape index (κ2) is 34.1. The van der Waals surface area contributed by atoms with Gasteiger partial charge in [0, 0.05) is 11.1 Å². The van der Waals surface area contributed by atoms with E-state index in [1.54, 1.807) is 13.8 Å². The second-order valence-corrected chi connectivity index (χ2v) is 15.0. The van der Waals surface area contributed by atoms with Crippen LogP contribution >= 0.6 is 0 Å². The van der Waals surface area contributed by atoms with Crippen LogP contribution in [0, 0.1) is 0 Å². The Bertz CT molecular complexity index is 920. The first-order chi connectivity index (χ1) is 25.0. The van der Waals surface area contributed by atoms with Crippen LogP contribution in [0.25, 0.3) is 0 Å². The minimum atomic E-state index is -0.357. The molecule has 0 aromatic carbocycles. The van der Waals surface area contributed by atoms with Crippen molar-refractivity contribution in [1.29, 1.82) is 0 Å². The van der Waals surface area contributed by atoms with Crippen LogP contribution in [0.4, 0.5) is 0 Å². The van der Waals surface area contributed by atoms with Crippen molar-refractivity contribution in [2.24, 2.45) is 0 Å². The summed E-state index contributed by atoms with van der Waals surface area (Å²) in [5.74, 6) is -1.11. The molecular formula is C43H78NO8+. The van der Waals surface area contributed by atoms with Crippen LogP contribution in [0.5, 0.6) is 0 Å². The zero-order valence-electron chi connectivity index (χ0n) is 34.0. The number of rotatable bonds is 37. The van der Waals surface area contributed by atoms with Gasteiger partial charge in [-0.3, -0.25) is 9.59 Å². The summed E-state index contributed by atoms with van der Waals surface area (Å²) in [6, 6.07) is 0. The highest BCUT2D eigenvalue weighted by Gasteiger charge is 2.24. The summed E-state index contributed by atoms with van der Waals surface area (Å²) in [5, 5.41) is 0. The van der Waals surface area contributed by atoms with E-state index < -0.39 is 0 Å². The molecule has 0 bridgehead atoms. The molecule has 0 heterocycles. The summed E-state index contributed by atoms with van der Waals surface area (Å²) < 4.78 is 21.9. The van der Waals surface area contributed by atoms with Crippen molar-refractivity contribution in [2.45, 2.75) is 175 Å². The lowest BCUT2D eigenvalue weighted by atomic mass is 10.0. The zero-order chi connectivity index (χ0) is 38.7. The predicted octanol–water partition coefficient (Wildman–Crippen LogP) is 10.1. The van der Waals surface area contributed by atoms with Gasteiger partial charge in [-0.05, 0) is 78.1 Å². The topological polar surface area (TPSA) is 105 Å². The molecule has 0 fully saturated rings. The van der Waals surface area contributed by atoms with Crippen molar-refractivity contribution >= 4 is 23.9 Å². The van der Waals surface area contributed by atoms with Crippen molar-refractivity contribution < 1.29 is 42.6 Å². The SMILES string of the molecule is C=C(C)C(=O)OCCCCCCOC(=O)CC[N+](C)(CCCCCCCCCCCCCCCC)CCC(=O)OCCCCCCOC(=O)C(=C)C. The molecule has 0 amide bonds. The van der Waals surface area contributed by atoms with Gasteiger partial charge >= 0.3 is 23.9 Å². The van der Waals surface area contributed by atoms with Gasteiger partial charge in [0.2, 0.25) is 0 Å². The molecule has 0 aromatic rings. The molecule has 9 nitrogen and oxygen atoms in total. The smallest absolute Gasteiger partial charge is 0.333 e. The average molecular weight is 737 g/mol. The molecular weight excluding hydrogens is 658 g/mol. The van der Waals surface area contributed by atoms with Crippen molar-refractivity contribution in [3.05, 3.63) is 24.3 Å². The fraction of sp³-hybridized carbons (Fsp3) is 0.814. The highest BCUT2D eigenvalue weighted by Crippen LogP contribution is 2.16. The van der Waals surface area contributed by atoms with Crippen molar-refractivity contribution in [3.63, 3.8) is 0 Å². The number of hydrogen-bond donors (Lipinski definition) is 0. The molecule has 0 saturated heterocycles. The normalized spacial score (nSPS) is 11.2. The molecule has 0 rings (SSSR count). The summed E-state index contributed by atoms with van der Waals surface area (Å²) in [4.78, 5) is 48.1. The average Bonchev–Trinajstić information content (AvgIpc) is 3.11.